The van der Waals surface area contributed by atoms with Crippen molar-refractivity contribution >= 4 is 17.7 Å². The van der Waals surface area contributed by atoms with Crippen LogP contribution in [0.3, 0.4) is 0 Å². The summed E-state index contributed by atoms with van der Waals surface area (Å²) in [5, 5.41) is 9.36. The molecule has 7 nitrogen and oxygen atoms in total. The van der Waals surface area contributed by atoms with Crippen LogP contribution in [0.2, 0.25) is 0 Å². The Morgan fingerprint density at radius 1 is 1.07 bits per heavy atom. The number of anilines is 1. The van der Waals surface area contributed by atoms with Crippen molar-refractivity contribution in [3.05, 3.63) is 59.9 Å². The molecule has 0 bridgehead atoms. The third-order valence-electron chi connectivity index (χ3n) is 4.04. The van der Waals surface area contributed by atoms with Crippen molar-refractivity contribution in [1.29, 1.82) is 0 Å². The highest BCUT2D eigenvalue weighted by molar-refractivity contribution is 5.84. The first-order valence-electron chi connectivity index (χ1n) is 10.4. The number of nitrogens with one attached hydrogen (secondary N) is 3. The Hall–Kier alpha value is -3.09. The molecule has 0 aliphatic heterocycles. The summed E-state index contributed by atoms with van der Waals surface area (Å²) >= 11 is 0. The second-order valence-electron chi connectivity index (χ2n) is 7.87. The van der Waals surface area contributed by atoms with Crippen LogP contribution in [0.15, 0.2) is 53.8 Å². The van der Waals surface area contributed by atoms with Gasteiger partial charge in [-0.05, 0) is 69.9 Å². The molecular weight excluding hydrogens is 378 g/mol. The van der Waals surface area contributed by atoms with Crippen molar-refractivity contribution < 1.29 is 9.53 Å². The second-order valence-corrected chi connectivity index (χ2v) is 7.87. The summed E-state index contributed by atoms with van der Waals surface area (Å²) in [5.41, 5.74) is 2.54. The monoisotopic (exact) mass is 411 g/mol. The molecule has 2 aromatic rings. The lowest BCUT2D eigenvalue weighted by Gasteiger charge is -2.19. The fraction of sp³-hybridized carbons (Fsp3) is 0.435. The summed E-state index contributed by atoms with van der Waals surface area (Å²) in [6, 6.07) is 11.7. The summed E-state index contributed by atoms with van der Waals surface area (Å²) < 4.78 is 5.26. The van der Waals surface area contributed by atoms with Gasteiger partial charge in [0.15, 0.2) is 5.96 Å². The molecule has 0 spiro atoms. The van der Waals surface area contributed by atoms with Gasteiger partial charge in [-0.25, -0.2) is 4.79 Å². The highest BCUT2D eigenvalue weighted by Gasteiger charge is 2.16. The molecule has 1 aromatic carbocycles. The molecule has 0 aliphatic carbocycles. The molecule has 1 aromatic heterocycles. The van der Waals surface area contributed by atoms with Gasteiger partial charge in [-0.15, -0.1) is 0 Å². The molecular formula is C23H33N5O2. The van der Waals surface area contributed by atoms with Crippen LogP contribution in [-0.2, 0) is 17.6 Å². The SMILES string of the molecule is CCNC(=NCCc1ccc(NC(=O)OC(C)(C)C)cc1)NCCc1cccnc1. The number of hydrogen-bond donors (Lipinski definition) is 3. The van der Waals surface area contributed by atoms with Gasteiger partial charge in [0, 0.05) is 37.7 Å². The van der Waals surface area contributed by atoms with Gasteiger partial charge in [0.1, 0.15) is 5.60 Å². The summed E-state index contributed by atoms with van der Waals surface area (Å²) in [7, 11) is 0. The van der Waals surface area contributed by atoms with Gasteiger partial charge in [-0.2, -0.15) is 0 Å². The van der Waals surface area contributed by atoms with Crippen molar-refractivity contribution in [1.82, 2.24) is 15.6 Å². The fourth-order valence-corrected chi connectivity index (χ4v) is 2.69. The lowest BCUT2D eigenvalue weighted by Crippen LogP contribution is -2.38. The molecule has 0 radical (unpaired) electrons. The van der Waals surface area contributed by atoms with Crippen LogP contribution in [0.25, 0.3) is 0 Å². The Labute approximate surface area is 179 Å². The van der Waals surface area contributed by atoms with E-state index in [1.807, 2.05) is 57.3 Å². The van der Waals surface area contributed by atoms with E-state index in [1.54, 1.807) is 6.20 Å². The van der Waals surface area contributed by atoms with Crippen LogP contribution in [0.1, 0.15) is 38.8 Å². The van der Waals surface area contributed by atoms with E-state index in [-0.39, 0.29) is 0 Å². The van der Waals surface area contributed by atoms with E-state index < -0.39 is 11.7 Å². The normalized spacial score (nSPS) is 11.7. The summed E-state index contributed by atoms with van der Waals surface area (Å²) in [4.78, 5) is 20.6. The van der Waals surface area contributed by atoms with E-state index in [0.29, 0.717) is 12.2 Å². The highest BCUT2D eigenvalue weighted by Crippen LogP contribution is 2.13. The van der Waals surface area contributed by atoms with Crippen LogP contribution in [0, 0.1) is 0 Å². The molecule has 0 fully saturated rings. The number of ether oxygens (including phenoxy) is 1. The first-order chi connectivity index (χ1) is 14.4. The first-order valence-corrected chi connectivity index (χ1v) is 10.4. The fourth-order valence-electron chi connectivity index (χ4n) is 2.69. The van der Waals surface area contributed by atoms with Gasteiger partial charge in [0.2, 0.25) is 0 Å². The summed E-state index contributed by atoms with van der Waals surface area (Å²) in [6.07, 6.45) is 4.92. The van der Waals surface area contributed by atoms with E-state index in [0.717, 1.165) is 37.5 Å². The molecule has 0 aliphatic rings. The molecule has 0 atom stereocenters. The molecule has 0 unspecified atom stereocenters. The first kappa shape index (κ1) is 23.2. The number of rotatable bonds is 8. The average molecular weight is 412 g/mol. The highest BCUT2D eigenvalue weighted by atomic mass is 16.6. The smallest absolute Gasteiger partial charge is 0.412 e. The van der Waals surface area contributed by atoms with E-state index in [2.05, 4.69) is 38.9 Å². The molecule has 30 heavy (non-hydrogen) atoms. The van der Waals surface area contributed by atoms with Crippen LogP contribution in [0.5, 0.6) is 0 Å². The van der Waals surface area contributed by atoms with Crippen molar-refractivity contribution in [3.63, 3.8) is 0 Å². The number of pyridine rings is 1. The number of aliphatic imine (C=N–C) groups is 1. The number of benzene rings is 1. The zero-order chi connectivity index (χ0) is 21.8. The van der Waals surface area contributed by atoms with Crippen molar-refractivity contribution in [2.75, 3.05) is 25.0 Å². The van der Waals surface area contributed by atoms with Crippen molar-refractivity contribution in [2.24, 2.45) is 4.99 Å². The molecule has 1 amide bonds. The predicted octanol–water partition coefficient (Wildman–Crippen LogP) is 3.77. The Morgan fingerprint density at radius 2 is 1.83 bits per heavy atom. The van der Waals surface area contributed by atoms with E-state index in [9.17, 15) is 4.79 Å². The van der Waals surface area contributed by atoms with Gasteiger partial charge in [-0.1, -0.05) is 18.2 Å². The van der Waals surface area contributed by atoms with Crippen molar-refractivity contribution in [2.45, 2.75) is 46.1 Å². The van der Waals surface area contributed by atoms with Gasteiger partial charge in [-0.3, -0.25) is 15.3 Å². The largest absolute Gasteiger partial charge is 0.444 e. The summed E-state index contributed by atoms with van der Waals surface area (Å²) in [5.74, 6) is 0.810. The Morgan fingerprint density at radius 3 is 2.47 bits per heavy atom. The van der Waals surface area contributed by atoms with Crippen LogP contribution >= 0.6 is 0 Å². The molecule has 0 saturated carbocycles. The third kappa shape index (κ3) is 9.41. The third-order valence-corrected chi connectivity index (χ3v) is 4.04. The number of carbonyl (C=O) groups is 1. The van der Waals surface area contributed by atoms with E-state index >= 15 is 0 Å². The topological polar surface area (TPSA) is 87.6 Å². The number of carbonyl (C=O) groups excluding carboxylic acids is 1. The van der Waals surface area contributed by atoms with Crippen molar-refractivity contribution in [3.8, 4) is 0 Å². The summed E-state index contributed by atoms with van der Waals surface area (Å²) in [6.45, 7) is 9.84. The van der Waals surface area contributed by atoms with Gasteiger partial charge in [0.25, 0.3) is 0 Å². The molecule has 162 valence electrons. The minimum Gasteiger partial charge on any atom is -0.444 e. The minimum absolute atomic E-state index is 0.451. The van der Waals surface area contributed by atoms with Crippen LogP contribution in [0.4, 0.5) is 10.5 Å². The van der Waals surface area contributed by atoms with Gasteiger partial charge < -0.3 is 15.4 Å². The predicted molar refractivity (Wildman–Crippen MR) is 122 cm³/mol. The maximum Gasteiger partial charge on any atom is 0.412 e. The number of nitrogens with zero attached hydrogens (tertiary/aromatic N) is 2. The Bertz CT molecular complexity index is 799. The van der Waals surface area contributed by atoms with E-state index in [4.69, 9.17) is 4.74 Å². The number of amides is 1. The Kier molecular flexibility index (Phi) is 9.12. The lowest BCUT2D eigenvalue weighted by molar-refractivity contribution is 0.0636. The number of aromatic nitrogens is 1. The lowest BCUT2D eigenvalue weighted by atomic mass is 10.1. The van der Waals surface area contributed by atoms with Crippen LogP contribution in [-0.4, -0.2) is 42.3 Å². The second kappa shape index (κ2) is 11.8. The van der Waals surface area contributed by atoms with Gasteiger partial charge in [0.05, 0.1) is 0 Å². The van der Waals surface area contributed by atoms with Crippen LogP contribution < -0.4 is 16.0 Å². The zero-order valence-corrected chi connectivity index (χ0v) is 18.4. The zero-order valence-electron chi connectivity index (χ0n) is 18.4. The standard InChI is InChI=1S/C23H33N5O2/c1-5-25-21(27-16-13-19-7-6-14-24-17-19)26-15-12-18-8-10-20(11-9-18)28-22(29)30-23(2,3)4/h6-11,14,17H,5,12-13,15-16H2,1-4H3,(H,28,29)(H2,25,26,27). The Balaban J connectivity index is 1.79. The average Bonchev–Trinajstić information content (AvgIpc) is 2.69. The molecule has 2 rings (SSSR count). The maximum atomic E-state index is 11.8. The minimum atomic E-state index is -0.516. The maximum absolute atomic E-state index is 11.8. The molecule has 1 heterocycles. The quantitative estimate of drug-likeness (QED) is 0.455. The van der Waals surface area contributed by atoms with E-state index in [1.165, 1.54) is 5.56 Å². The van der Waals surface area contributed by atoms with Gasteiger partial charge >= 0.3 is 6.09 Å². The molecule has 7 heteroatoms. The number of guanidine groups is 1. The number of hydrogen-bond acceptors (Lipinski definition) is 4. The molecule has 0 saturated heterocycles. The molecule has 3 N–H and O–H groups in total.